The fraction of sp³-hybridized carbons (Fsp3) is 0.438. The molecular formula is C16H21FN6O. The van der Waals surface area contributed by atoms with Crippen LogP contribution in [0.5, 0.6) is 0 Å². The monoisotopic (exact) mass is 332 g/mol. The molecule has 2 heterocycles. The van der Waals surface area contributed by atoms with E-state index in [9.17, 15) is 9.18 Å². The minimum absolute atomic E-state index is 0.121. The quantitative estimate of drug-likeness (QED) is 0.885. The van der Waals surface area contributed by atoms with Crippen molar-refractivity contribution in [2.75, 3.05) is 36.4 Å². The first-order valence-electron chi connectivity index (χ1n) is 7.97. The summed E-state index contributed by atoms with van der Waals surface area (Å²) in [5, 5.41) is 9.33. The van der Waals surface area contributed by atoms with Crippen LogP contribution < -0.4 is 10.2 Å². The number of aromatic amines is 1. The maximum Gasteiger partial charge on any atom is 0.248 e. The number of benzene rings is 1. The maximum absolute atomic E-state index is 13.0. The first kappa shape index (κ1) is 16.4. The molecule has 2 aromatic rings. The second-order valence-corrected chi connectivity index (χ2v) is 5.91. The Balaban J connectivity index is 1.53. The number of anilines is 2. The molecule has 7 nitrogen and oxygen atoms in total. The van der Waals surface area contributed by atoms with Gasteiger partial charge in [0.25, 0.3) is 0 Å². The van der Waals surface area contributed by atoms with Crippen LogP contribution in [0.1, 0.15) is 12.7 Å². The molecule has 0 radical (unpaired) electrons. The largest absolute Gasteiger partial charge is 0.369 e. The van der Waals surface area contributed by atoms with Crippen LogP contribution in [0.2, 0.25) is 0 Å². The van der Waals surface area contributed by atoms with Gasteiger partial charge in [0, 0.05) is 31.9 Å². The number of hydrogen-bond acceptors (Lipinski definition) is 5. The van der Waals surface area contributed by atoms with Crippen molar-refractivity contribution in [1.82, 2.24) is 20.1 Å². The molecule has 1 aromatic carbocycles. The summed E-state index contributed by atoms with van der Waals surface area (Å²) < 4.78 is 13.0. The number of carbonyl (C=O) groups is 1. The van der Waals surface area contributed by atoms with E-state index in [4.69, 9.17) is 0 Å². The summed E-state index contributed by atoms with van der Waals surface area (Å²) in [6, 6.07) is 6.24. The zero-order chi connectivity index (χ0) is 17.1. The smallest absolute Gasteiger partial charge is 0.248 e. The van der Waals surface area contributed by atoms with E-state index in [1.165, 1.54) is 12.1 Å². The number of carbonyl (C=O) groups excluding carboxylic acids is 1. The Morgan fingerprint density at radius 3 is 2.50 bits per heavy atom. The highest BCUT2D eigenvalue weighted by Crippen LogP contribution is 2.18. The fourth-order valence-electron chi connectivity index (χ4n) is 2.80. The van der Waals surface area contributed by atoms with Crippen LogP contribution in [0.3, 0.4) is 0 Å². The van der Waals surface area contributed by atoms with E-state index in [1.54, 1.807) is 19.1 Å². The standard InChI is InChI=1S/C16H21FN6O/c1-11(15(24)19-16-18-12(2)20-21-16)22-7-9-23(10-8-22)14-5-3-13(17)4-6-14/h3-6,11H,7-10H2,1-2H3,(H2,18,19,20,21,24)/t11-/m0/s1. The molecule has 1 atom stereocenters. The Kier molecular flexibility index (Phi) is 4.75. The van der Waals surface area contributed by atoms with Crippen molar-refractivity contribution in [2.24, 2.45) is 0 Å². The van der Waals surface area contributed by atoms with Crippen molar-refractivity contribution in [3.63, 3.8) is 0 Å². The Labute approximate surface area is 139 Å². The lowest BCUT2D eigenvalue weighted by molar-refractivity contribution is -0.120. The van der Waals surface area contributed by atoms with Crippen molar-refractivity contribution in [3.8, 4) is 0 Å². The zero-order valence-corrected chi connectivity index (χ0v) is 13.8. The molecule has 0 saturated carbocycles. The number of aryl methyl sites for hydroxylation is 1. The van der Waals surface area contributed by atoms with Crippen molar-refractivity contribution in [1.29, 1.82) is 0 Å². The molecule has 0 unspecified atom stereocenters. The van der Waals surface area contributed by atoms with Crippen LogP contribution in [-0.4, -0.2) is 58.2 Å². The molecule has 2 N–H and O–H groups in total. The lowest BCUT2D eigenvalue weighted by Crippen LogP contribution is -2.52. The molecule has 1 aromatic heterocycles. The van der Waals surface area contributed by atoms with E-state index in [2.05, 4.69) is 30.3 Å². The number of hydrogen-bond donors (Lipinski definition) is 2. The predicted molar refractivity (Wildman–Crippen MR) is 89.4 cm³/mol. The summed E-state index contributed by atoms with van der Waals surface area (Å²) >= 11 is 0. The van der Waals surface area contributed by atoms with Gasteiger partial charge in [-0.3, -0.25) is 20.1 Å². The summed E-state index contributed by atoms with van der Waals surface area (Å²) in [7, 11) is 0. The van der Waals surface area contributed by atoms with Crippen molar-refractivity contribution in [3.05, 3.63) is 35.9 Å². The van der Waals surface area contributed by atoms with E-state index in [0.717, 1.165) is 31.9 Å². The van der Waals surface area contributed by atoms with E-state index < -0.39 is 0 Å². The Morgan fingerprint density at radius 2 is 1.92 bits per heavy atom. The highest BCUT2D eigenvalue weighted by Gasteiger charge is 2.26. The van der Waals surface area contributed by atoms with Crippen molar-refractivity contribution >= 4 is 17.5 Å². The van der Waals surface area contributed by atoms with E-state index in [-0.39, 0.29) is 17.8 Å². The molecule has 3 rings (SSSR count). The summed E-state index contributed by atoms with van der Waals surface area (Å²) in [6.07, 6.45) is 0. The SMILES string of the molecule is Cc1nc(NC(=O)[C@H](C)N2CCN(c3ccc(F)cc3)CC2)n[nH]1. The highest BCUT2D eigenvalue weighted by atomic mass is 19.1. The van der Waals surface area contributed by atoms with Crippen LogP contribution in [0.25, 0.3) is 0 Å². The molecule has 1 aliphatic heterocycles. The number of halogens is 1. The Morgan fingerprint density at radius 1 is 1.25 bits per heavy atom. The van der Waals surface area contributed by atoms with E-state index in [1.807, 2.05) is 6.92 Å². The summed E-state index contributed by atoms with van der Waals surface area (Å²) in [5.41, 5.74) is 1.00. The molecule has 128 valence electrons. The maximum atomic E-state index is 13.0. The summed E-state index contributed by atoms with van der Waals surface area (Å²) in [5.74, 6) is 0.606. The molecule has 8 heteroatoms. The topological polar surface area (TPSA) is 77.2 Å². The molecule has 0 aliphatic carbocycles. The molecule has 1 saturated heterocycles. The van der Waals surface area contributed by atoms with Gasteiger partial charge in [0.2, 0.25) is 11.9 Å². The average molecular weight is 332 g/mol. The number of nitrogens with zero attached hydrogens (tertiary/aromatic N) is 4. The van der Waals surface area contributed by atoms with Gasteiger partial charge in [-0.25, -0.2) is 4.39 Å². The molecule has 0 spiro atoms. The highest BCUT2D eigenvalue weighted by molar-refractivity contribution is 5.93. The van der Waals surface area contributed by atoms with Crippen LogP contribution >= 0.6 is 0 Å². The Bertz CT molecular complexity index is 693. The van der Waals surface area contributed by atoms with E-state index in [0.29, 0.717) is 11.8 Å². The number of aromatic nitrogens is 3. The third-order valence-corrected chi connectivity index (χ3v) is 4.27. The summed E-state index contributed by atoms with van der Waals surface area (Å²) in [6.45, 7) is 6.77. The molecule has 1 aliphatic rings. The van der Waals surface area contributed by atoms with Gasteiger partial charge < -0.3 is 4.90 Å². The molecule has 0 bridgehead atoms. The van der Waals surface area contributed by atoms with Gasteiger partial charge in [-0.2, -0.15) is 4.98 Å². The number of nitrogens with one attached hydrogen (secondary N) is 2. The second-order valence-electron chi connectivity index (χ2n) is 5.91. The second kappa shape index (κ2) is 6.96. The lowest BCUT2D eigenvalue weighted by Gasteiger charge is -2.38. The van der Waals surface area contributed by atoms with Crippen molar-refractivity contribution in [2.45, 2.75) is 19.9 Å². The van der Waals surface area contributed by atoms with Crippen LogP contribution in [0.15, 0.2) is 24.3 Å². The predicted octanol–water partition coefficient (Wildman–Crippen LogP) is 1.40. The summed E-state index contributed by atoms with van der Waals surface area (Å²) in [4.78, 5) is 20.7. The number of rotatable bonds is 4. The number of H-pyrrole nitrogens is 1. The van der Waals surface area contributed by atoms with Crippen LogP contribution in [0, 0.1) is 12.7 Å². The van der Waals surface area contributed by atoms with Gasteiger partial charge in [0.1, 0.15) is 11.6 Å². The molecule has 24 heavy (non-hydrogen) atoms. The minimum Gasteiger partial charge on any atom is -0.369 e. The van der Waals surface area contributed by atoms with Gasteiger partial charge in [0.05, 0.1) is 6.04 Å². The zero-order valence-electron chi connectivity index (χ0n) is 13.8. The fourth-order valence-corrected chi connectivity index (χ4v) is 2.80. The first-order chi connectivity index (χ1) is 11.5. The van der Waals surface area contributed by atoms with Gasteiger partial charge in [-0.05, 0) is 38.1 Å². The van der Waals surface area contributed by atoms with Gasteiger partial charge in [-0.1, -0.05) is 0 Å². The van der Waals surface area contributed by atoms with Crippen LogP contribution in [-0.2, 0) is 4.79 Å². The van der Waals surface area contributed by atoms with Crippen LogP contribution in [0.4, 0.5) is 16.0 Å². The molecule has 1 amide bonds. The average Bonchev–Trinajstić information content (AvgIpc) is 3.00. The number of amides is 1. The third kappa shape index (κ3) is 3.70. The number of piperazine rings is 1. The first-order valence-corrected chi connectivity index (χ1v) is 7.97. The van der Waals surface area contributed by atoms with Gasteiger partial charge >= 0.3 is 0 Å². The van der Waals surface area contributed by atoms with Gasteiger partial charge in [-0.15, -0.1) is 5.10 Å². The van der Waals surface area contributed by atoms with E-state index >= 15 is 0 Å². The Hall–Kier alpha value is -2.48. The lowest BCUT2D eigenvalue weighted by atomic mass is 10.2. The minimum atomic E-state index is -0.265. The normalized spacial score (nSPS) is 16.9. The third-order valence-electron chi connectivity index (χ3n) is 4.27. The van der Waals surface area contributed by atoms with Crippen molar-refractivity contribution < 1.29 is 9.18 Å². The molecular weight excluding hydrogens is 311 g/mol. The van der Waals surface area contributed by atoms with Gasteiger partial charge in [0.15, 0.2) is 0 Å². The molecule has 1 fully saturated rings.